The van der Waals surface area contributed by atoms with Crippen LogP contribution in [-0.2, 0) is 0 Å². The fourth-order valence-corrected chi connectivity index (χ4v) is 2.82. The summed E-state index contributed by atoms with van der Waals surface area (Å²) < 4.78 is 37.5. The van der Waals surface area contributed by atoms with Crippen LogP contribution in [0.3, 0.4) is 0 Å². The molecule has 2 fully saturated rings. The first-order valence-corrected chi connectivity index (χ1v) is 4.61. The van der Waals surface area contributed by atoms with Gasteiger partial charge in [-0.1, -0.05) is 6.42 Å². The summed E-state index contributed by atoms with van der Waals surface area (Å²) in [5.41, 5.74) is -1.80. The average Bonchev–Trinajstić information content (AvgIpc) is 1.79. The first kappa shape index (κ1) is 9.31. The third-order valence-electron chi connectivity index (χ3n) is 3.74. The molecule has 2 aliphatic rings. The van der Waals surface area contributed by atoms with E-state index in [1.165, 1.54) is 0 Å². The minimum absolute atomic E-state index is 0.0434. The van der Waals surface area contributed by atoms with Gasteiger partial charge in [0.25, 0.3) is 0 Å². The predicted molar refractivity (Wildman–Crippen MR) is 41.1 cm³/mol. The SMILES string of the molecule is OCC1(C(F)(F)F)CC2(CCC2)C1. The third kappa shape index (κ3) is 1.11. The molecule has 0 atom stereocenters. The predicted octanol–water partition coefficient (Wildman–Crippen LogP) is 2.49. The number of rotatable bonds is 1. The quantitative estimate of drug-likeness (QED) is 0.680. The lowest BCUT2D eigenvalue weighted by Crippen LogP contribution is -2.59. The second kappa shape index (κ2) is 2.41. The van der Waals surface area contributed by atoms with Gasteiger partial charge in [0.2, 0.25) is 0 Å². The molecule has 0 amide bonds. The zero-order valence-corrected chi connectivity index (χ0v) is 7.32. The fourth-order valence-electron chi connectivity index (χ4n) is 2.82. The Morgan fingerprint density at radius 1 is 1.15 bits per heavy atom. The topological polar surface area (TPSA) is 20.2 Å². The van der Waals surface area contributed by atoms with Crippen molar-refractivity contribution in [1.82, 2.24) is 0 Å². The van der Waals surface area contributed by atoms with Crippen LogP contribution in [0.5, 0.6) is 0 Å². The van der Waals surface area contributed by atoms with Crippen molar-refractivity contribution >= 4 is 0 Å². The molecule has 0 heterocycles. The molecule has 2 aliphatic carbocycles. The lowest BCUT2D eigenvalue weighted by atomic mass is 9.45. The molecule has 0 saturated heterocycles. The largest absolute Gasteiger partial charge is 0.396 e. The molecule has 13 heavy (non-hydrogen) atoms. The average molecular weight is 194 g/mol. The normalized spacial score (nSPS) is 29.5. The van der Waals surface area contributed by atoms with E-state index in [9.17, 15) is 13.2 Å². The molecule has 76 valence electrons. The van der Waals surface area contributed by atoms with Crippen LogP contribution in [0, 0.1) is 10.8 Å². The number of aliphatic hydroxyl groups is 1. The number of halogens is 3. The van der Waals surface area contributed by atoms with E-state index in [1.54, 1.807) is 0 Å². The van der Waals surface area contributed by atoms with Gasteiger partial charge in [0.15, 0.2) is 0 Å². The van der Waals surface area contributed by atoms with E-state index in [0.717, 1.165) is 19.3 Å². The zero-order valence-electron chi connectivity index (χ0n) is 7.32. The molecule has 0 aromatic rings. The third-order valence-corrected chi connectivity index (χ3v) is 3.74. The summed E-state index contributed by atoms with van der Waals surface area (Å²) in [5, 5.41) is 8.80. The highest BCUT2D eigenvalue weighted by Gasteiger charge is 2.68. The van der Waals surface area contributed by atoms with Crippen LogP contribution in [0.15, 0.2) is 0 Å². The summed E-state index contributed by atoms with van der Waals surface area (Å²) in [6.45, 7) is -0.738. The molecule has 0 aliphatic heterocycles. The molecule has 2 saturated carbocycles. The van der Waals surface area contributed by atoms with Crippen LogP contribution in [0.2, 0.25) is 0 Å². The molecule has 0 unspecified atom stereocenters. The number of hydrogen-bond acceptors (Lipinski definition) is 1. The van der Waals surface area contributed by atoms with E-state index in [2.05, 4.69) is 0 Å². The van der Waals surface area contributed by atoms with Crippen LogP contribution < -0.4 is 0 Å². The molecule has 2 rings (SSSR count). The molecular formula is C9H13F3O. The van der Waals surface area contributed by atoms with Gasteiger partial charge in [-0.05, 0) is 31.1 Å². The highest BCUT2D eigenvalue weighted by Crippen LogP contribution is 2.68. The van der Waals surface area contributed by atoms with Crippen LogP contribution >= 0.6 is 0 Å². The highest BCUT2D eigenvalue weighted by atomic mass is 19.4. The smallest absolute Gasteiger partial charge is 0.395 e. The van der Waals surface area contributed by atoms with Gasteiger partial charge in [-0.3, -0.25) is 0 Å². The lowest BCUT2D eigenvalue weighted by Gasteiger charge is -2.60. The maximum Gasteiger partial charge on any atom is 0.396 e. The summed E-state index contributed by atoms with van der Waals surface area (Å²) in [7, 11) is 0. The molecule has 4 heteroatoms. The fraction of sp³-hybridized carbons (Fsp3) is 1.00. The summed E-state index contributed by atoms with van der Waals surface area (Å²) >= 11 is 0. The van der Waals surface area contributed by atoms with Gasteiger partial charge in [0, 0.05) is 0 Å². The van der Waals surface area contributed by atoms with Gasteiger partial charge in [-0.15, -0.1) is 0 Å². The minimum atomic E-state index is -4.22. The first-order chi connectivity index (χ1) is 5.93. The number of hydrogen-bond donors (Lipinski definition) is 1. The van der Waals surface area contributed by atoms with Crippen molar-refractivity contribution in [3.8, 4) is 0 Å². The second-order valence-corrected chi connectivity index (χ2v) is 4.64. The van der Waals surface area contributed by atoms with E-state index >= 15 is 0 Å². The van der Waals surface area contributed by atoms with Crippen molar-refractivity contribution in [2.75, 3.05) is 6.61 Å². The van der Waals surface area contributed by atoms with Crippen molar-refractivity contribution in [2.45, 2.75) is 38.3 Å². The van der Waals surface area contributed by atoms with E-state index < -0.39 is 18.2 Å². The molecule has 0 aromatic heterocycles. The minimum Gasteiger partial charge on any atom is -0.395 e. The summed E-state index contributed by atoms with van der Waals surface area (Å²) in [5.74, 6) is 0. The van der Waals surface area contributed by atoms with Gasteiger partial charge in [-0.2, -0.15) is 13.2 Å². The number of alkyl halides is 3. The Hall–Kier alpha value is -0.250. The van der Waals surface area contributed by atoms with Crippen molar-refractivity contribution in [2.24, 2.45) is 10.8 Å². The molecule has 0 aromatic carbocycles. The van der Waals surface area contributed by atoms with E-state index in [-0.39, 0.29) is 18.3 Å². The summed E-state index contributed by atoms with van der Waals surface area (Å²) in [6.07, 6.45) is -1.02. The Morgan fingerprint density at radius 2 is 1.69 bits per heavy atom. The Balaban J connectivity index is 2.06. The van der Waals surface area contributed by atoms with Crippen molar-refractivity contribution < 1.29 is 18.3 Å². The van der Waals surface area contributed by atoms with Crippen molar-refractivity contribution in [3.63, 3.8) is 0 Å². The molecule has 1 spiro atoms. The Morgan fingerprint density at radius 3 is 1.92 bits per heavy atom. The van der Waals surface area contributed by atoms with E-state index in [0.29, 0.717) is 0 Å². The van der Waals surface area contributed by atoms with E-state index in [4.69, 9.17) is 5.11 Å². The van der Waals surface area contributed by atoms with Gasteiger partial charge >= 0.3 is 6.18 Å². The lowest BCUT2D eigenvalue weighted by molar-refractivity contribution is -0.304. The Kier molecular flexibility index (Phi) is 1.72. The van der Waals surface area contributed by atoms with Crippen LogP contribution in [-0.4, -0.2) is 17.9 Å². The molecular weight excluding hydrogens is 181 g/mol. The molecule has 0 radical (unpaired) electrons. The van der Waals surface area contributed by atoms with Gasteiger partial charge in [0.05, 0.1) is 12.0 Å². The zero-order chi connectivity index (χ0) is 9.74. The van der Waals surface area contributed by atoms with Crippen LogP contribution in [0.25, 0.3) is 0 Å². The molecule has 1 N–H and O–H groups in total. The van der Waals surface area contributed by atoms with Gasteiger partial charge in [-0.25, -0.2) is 0 Å². The van der Waals surface area contributed by atoms with Crippen LogP contribution in [0.1, 0.15) is 32.1 Å². The maximum absolute atomic E-state index is 12.5. The van der Waals surface area contributed by atoms with Gasteiger partial charge < -0.3 is 5.11 Å². The molecule has 1 nitrogen and oxygen atoms in total. The summed E-state index contributed by atoms with van der Waals surface area (Å²) in [4.78, 5) is 0. The summed E-state index contributed by atoms with van der Waals surface area (Å²) in [6, 6.07) is 0. The monoisotopic (exact) mass is 194 g/mol. The maximum atomic E-state index is 12.5. The van der Waals surface area contributed by atoms with Crippen molar-refractivity contribution in [1.29, 1.82) is 0 Å². The number of aliphatic hydroxyl groups excluding tert-OH is 1. The first-order valence-electron chi connectivity index (χ1n) is 4.61. The highest BCUT2D eigenvalue weighted by molar-refractivity contribution is 5.09. The van der Waals surface area contributed by atoms with Crippen molar-refractivity contribution in [3.05, 3.63) is 0 Å². The Bertz CT molecular complexity index is 209. The van der Waals surface area contributed by atoms with Gasteiger partial charge in [0.1, 0.15) is 0 Å². The molecule has 0 bridgehead atoms. The van der Waals surface area contributed by atoms with Crippen LogP contribution in [0.4, 0.5) is 13.2 Å². The second-order valence-electron chi connectivity index (χ2n) is 4.64. The standard InChI is InChI=1S/C9H13F3O/c10-9(11,12)8(6-13)4-7(5-8)2-1-3-7/h13H,1-6H2. The van der Waals surface area contributed by atoms with E-state index in [1.807, 2.05) is 0 Å². The Labute approximate surface area is 74.9 Å².